The van der Waals surface area contributed by atoms with Gasteiger partial charge in [-0.3, -0.25) is 19.9 Å². The Morgan fingerprint density at radius 2 is 1.89 bits per heavy atom. The van der Waals surface area contributed by atoms with Gasteiger partial charge in [0, 0.05) is 31.1 Å². The maximum atomic E-state index is 13.5. The zero-order valence-electron chi connectivity index (χ0n) is 20.3. The van der Waals surface area contributed by atoms with Crippen molar-refractivity contribution in [2.45, 2.75) is 71.2 Å². The summed E-state index contributed by atoms with van der Waals surface area (Å²) in [5.74, 6) is 0.498. The summed E-state index contributed by atoms with van der Waals surface area (Å²) in [5, 5.41) is 7.56. The number of hydrazone groups is 1. The molecule has 0 bridgehead atoms. The molecule has 3 unspecified atom stereocenters. The predicted molar refractivity (Wildman–Crippen MR) is 133 cm³/mol. The molecule has 0 radical (unpaired) electrons. The van der Waals surface area contributed by atoms with Gasteiger partial charge >= 0.3 is 0 Å². The molecule has 2 heterocycles. The van der Waals surface area contributed by atoms with Gasteiger partial charge in [0.05, 0.1) is 5.92 Å². The molecule has 1 saturated heterocycles. The number of carbonyl (C=O) groups excluding carboxylic acids is 2. The number of halogens is 1. The lowest BCUT2D eigenvalue weighted by molar-refractivity contribution is -0.156. The van der Waals surface area contributed by atoms with Crippen LogP contribution in [0, 0.1) is 25.6 Å². The molecule has 3 aliphatic rings. The molecule has 3 atom stereocenters. The van der Waals surface area contributed by atoms with Gasteiger partial charge in [0.2, 0.25) is 11.8 Å². The van der Waals surface area contributed by atoms with Crippen LogP contribution in [0.3, 0.4) is 0 Å². The highest BCUT2D eigenvalue weighted by Gasteiger charge is 2.50. The highest BCUT2D eigenvalue weighted by molar-refractivity contribution is 5.95. The van der Waals surface area contributed by atoms with Crippen molar-refractivity contribution in [1.82, 2.24) is 15.2 Å². The molecule has 2 amide bonds. The van der Waals surface area contributed by atoms with Gasteiger partial charge in [-0.15, -0.1) is 0 Å². The Bertz CT molecular complexity index is 1150. The fourth-order valence-corrected chi connectivity index (χ4v) is 5.46. The number of anilines is 1. The third kappa shape index (κ3) is 4.74. The van der Waals surface area contributed by atoms with Crippen LogP contribution in [0.4, 0.5) is 10.1 Å². The summed E-state index contributed by atoms with van der Waals surface area (Å²) in [6.07, 6.45) is 4.32. The van der Waals surface area contributed by atoms with Gasteiger partial charge in [-0.2, -0.15) is 5.10 Å². The van der Waals surface area contributed by atoms with E-state index in [4.69, 9.17) is 0 Å². The molecule has 2 aromatic rings. The Morgan fingerprint density at radius 3 is 2.66 bits per heavy atom. The van der Waals surface area contributed by atoms with E-state index in [-0.39, 0.29) is 35.9 Å². The Kier molecular flexibility index (Phi) is 6.45. The normalized spacial score (nSPS) is 23.3. The van der Waals surface area contributed by atoms with E-state index < -0.39 is 0 Å². The van der Waals surface area contributed by atoms with E-state index in [1.54, 1.807) is 12.1 Å². The van der Waals surface area contributed by atoms with Gasteiger partial charge < -0.3 is 10.2 Å². The number of amidine groups is 1. The zero-order chi connectivity index (χ0) is 24.5. The number of fused-ring (bicyclic) bond motifs is 3. The molecule has 5 rings (SSSR count). The van der Waals surface area contributed by atoms with Crippen LogP contribution < -0.4 is 10.7 Å². The lowest BCUT2D eigenvalue weighted by atomic mass is 9.80. The second-order valence-electron chi connectivity index (χ2n) is 9.84. The summed E-state index contributed by atoms with van der Waals surface area (Å²) in [6.45, 7) is 4.45. The monoisotopic (exact) mass is 477 g/mol. The smallest absolute Gasteiger partial charge is 0.231 e. The molecule has 7 nitrogen and oxygen atoms in total. The molecule has 2 N–H and O–H groups in total. The highest BCUT2D eigenvalue weighted by Crippen LogP contribution is 2.38. The number of hydrogen-bond acceptors (Lipinski definition) is 5. The molecular formula is C27H32FN5O2. The average Bonchev–Trinajstić information content (AvgIpc) is 3.28. The predicted octanol–water partition coefficient (Wildman–Crippen LogP) is 4.26. The van der Waals surface area contributed by atoms with Gasteiger partial charge in [-0.1, -0.05) is 31.0 Å². The first-order chi connectivity index (χ1) is 16.9. The van der Waals surface area contributed by atoms with Crippen LogP contribution in [0.1, 0.15) is 55.2 Å². The van der Waals surface area contributed by atoms with E-state index in [1.165, 1.54) is 17.7 Å². The second kappa shape index (κ2) is 9.68. The third-order valence-electron chi connectivity index (χ3n) is 7.49. The molecule has 2 fully saturated rings. The first kappa shape index (κ1) is 23.3. The minimum atomic E-state index is -0.385. The number of carbonyl (C=O) groups is 2. The van der Waals surface area contributed by atoms with Crippen molar-refractivity contribution < 1.29 is 14.0 Å². The minimum absolute atomic E-state index is 0.0594. The van der Waals surface area contributed by atoms with E-state index in [1.807, 2.05) is 36.9 Å². The first-order valence-electron chi connectivity index (χ1n) is 12.4. The van der Waals surface area contributed by atoms with Crippen molar-refractivity contribution in [2.24, 2.45) is 11.0 Å². The van der Waals surface area contributed by atoms with Crippen molar-refractivity contribution in [3.05, 3.63) is 65.0 Å². The molecule has 1 aliphatic carbocycles. The van der Waals surface area contributed by atoms with Crippen molar-refractivity contribution in [2.75, 3.05) is 5.32 Å². The summed E-state index contributed by atoms with van der Waals surface area (Å²) in [7, 11) is 0. The van der Waals surface area contributed by atoms with Gasteiger partial charge in [-0.05, 0) is 67.6 Å². The van der Waals surface area contributed by atoms with Crippen LogP contribution in [0.5, 0.6) is 0 Å². The van der Waals surface area contributed by atoms with Crippen molar-refractivity contribution >= 4 is 23.3 Å². The Morgan fingerprint density at radius 1 is 1.11 bits per heavy atom. The van der Waals surface area contributed by atoms with Crippen molar-refractivity contribution in [1.29, 1.82) is 0 Å². The molecular weight excluding hydrogens is 445 g/mol. The van der Waals surface area contributed by atoms with E-state index in [0.29, 0.717) is 19.4 Å². The number of aryl methyl sites for hydroxylation is 2. The molecule has 2 aromatic carbocycles. The average molecular weight is 478 g/mol. The number of benzene rings is 2. The molecule has 8 heteroatoms. The maximum Gasteiger partial charge on any atom is 0.231 e. The molecule has 2 aliphatic heterocycles. The van der Waals surface area contributed by atoms with Gasteiger partial charge in [-0.25, -0.2) is 4.39 Å². The maximum absolute atomic E-state index is 13.5. The van der Waals surface area contributed by atoms with Gasteiger partial charge in [0.1, 0.15) is 11.7 Å². The standard InChI is InChI=1S/C27H32FN5O2/c1-17-7-12-21(15-18(17)2)29-25(34)14-13-24-30-31-27-32(16-19-8-10-20(28)11-9-19)26(35)22-5-3-4-6-23(22)33(24)27/h7-12,15,22-23,27,31H,3-6,13-14,16H2,1-2H3,(H,29,34). The van der Waals surface area contributed by atoms with E-state index in [2.05, 4.69) is 20.7 Å². The topological polar surface area (TPSA) is 77.0 Å². The SMILES string of the molecule is Cc1ccc(NC(=O)CCC2=NNC3N(Cc4ccc(F)cc4)C(=O)C4CCCCC4N23)cc1C. The quantitative estimate of drug-likeness (QED) is 0.652. The fourth-order valence-electron chi connectivity index (χ4n) is 5.46. The van der Waals surface area contributed by atoms with Crippen LogP contribution >= 0.6 is 0 Å². The summed E-state index contributed by atoms with van der Waals surface area (Å²) < 4.78 is 13.4. The minimum Gasteiger partial charge on any atom is -0.326 e. The summed E-state index contributed by atoms with van der Waals surface area (Å²) in [5.41, 5.74) is 7.15. The number of nitrogens with one attached hydrogen (secondary N) is 2. The molecule has 0 spiro atoms. The lowest BCUT2D eigenvalue weighted by Gasteiger charge is -2.50. The van der Waals surface area contributed by atoms with Crippen molar-refractivity contribution in [3.63, 3.8) is 0 Å². The van der Waals surface area contributed by atoms with Crippen LogP contribution in [-0.4, -0.2) is 39.8 Å². The Balaban J connectivity index is 1.29. The fraction of sp³-hybridized carbons (Fsp3) is 0.444. The first-order valence-corrected chi connectivity index (χ1v) is 12.4. The van der Waals surface area contributed by atoms with Crippen LogP contribution in [0.2, 0.25) is 0 Å². The van der Waals surface area contributed by atoms with E-state index in [9.17, 15) is 14.0 Å². The molecule has 0 aromatic heterocycles. The molecule has 184 valence electrons. The van der Waals surface area contributed by atoms with Crippen LogP contribution in [0.15, 0.2) is 47.6 Å². The summed E-state index contributed by atoms with van der Waals surface area (Å²) in [4.78, 5) is 30.2. The van der Waals surface area contributed by atoms with Gasteiger partial charge in [0.25, 0.3) is 0 Å². The zero-order valence-corrected chi connectivity index (χ0v) is 20.3. The van der Waals surface area contributed by atoms with Gasteiger partial charge in [0.15, 0.2) is 6.29 Å². The number of rotatable bonds is 6. The lowest BCUT2D eigenvalue weighted by Crippen LogP contribution is -2.67. The third-order valence-corrected chi connectivity index (χ3v) is 7.49. The van der Waals surface area contributed by atoms with Crippen molar-refractivity contribution in [3.8, 4) is 0 Å². The summed E-state index contributed by atoms with van der Waals surface area (Å²) in [6, 6.07) is 12.3. The largest absolute Gasteiger partial charge is 0.326 e. The number of nitrogens with zero attached hydrogens (tertiary/aromatic N) is 3. The van der Waals surface area contributed by atoms with Crippen LogP contribution in [-0.2, 0) is 16.1 Å². The van der Waals surface area contributed by atoms with Crippen LogP contribution in [0.25, 0.3) is 0 Å². The second-order valence-corrected chi connectivity index (χ2v) is 9.84. The van der Waals surface area contributed by atoms with E-state index in [0.717, 1.165) is 48.3 Å². The number of hydrogen-bond donors (Lipinski definition) is 2. The highest BCUT2D eigenvalue weighted by atomic mass is 19.1. The molecule has 35 heavy (non-hydrogen) atoms. The Hall–Kier alpha value is -3.42. The number of amides is 2. The van der Waals surface area contributed by atoms with E-state index >= 15 is 0 Å². The Labute approximate surface area is 205 Å². The molecule has 1 saturated carbocycles. The summed E-state index contributed by atoms with van der Waals surface area (Å²) >= 11 is 0.